The van der Waals surface area contributed by atoms with E-state index in [1.165, 1.54) is 24.3 Å². The minimum absolute atomic E-state index is 0.0147. The second-order valence-corrected chi connectivity index (χ2v) is 4.45. The smallest absolute Gasteiger partial charge is 0.335 e. The van der Waals surface area contributed by atoms with Gasteiger partial charge in [-0.25, -0.2) is 9.18 Å². The number of nitrogens with one attached hydrogen (secondary N) is 1. The summed E-state index contributed by atoms with van der Waals surface area (Å²) in [7, 11) is 0. The fourth-order valence-corrected chi connectivity index (χ4v) is 1.88. The zero-order valence-electron chi connectivity index (χ0n) is 10.3. The third-order valence-corrected chi connectivity index (χ3v) is 2.95. The SMILES string of the molecule is O=C(O)c1ccc(Nc2ccc(F)cc2[N+](=O)[O-])c(Cl)c1. The lowest BCUT2D eigenvalue weighted by Gasteiger charge is -2.09. The normalized spacial score (nSPS) is 10.2. The Morgan fingerprint density at radius 2 is 1.90 bits per heavy atom. The number of aromatic carboxylic acids is 1. The number of carboxylic acid groups (broad SMARTS) is 1. The molecule has 0 saturated heterocycles. The number of benzene rings is 2. The Hall–Kier alpha value is -2.67. The fourth-order valence-electron chi connectivity index (χ4n) is 1.66. The predicted molar refractivity (Wildman–Crippen MR) is 74.7 cm³/mol. The Labute approximate surface area is 122 Å². The molecule has 0 unspecified atom stereocenters. The van der Waals surface area contributed by atoms with Gasteiger partial charge in [0.05, 0.1) is 27.3 Å². The molecule has 0 aliphatic rings. The van der Waals surface area contributed by atoms with Crippen molar-refractivity contribution in [1.29, 1.82) is 0 Å². The Morgan fingerprint density at radius 1 is 1.24 bits per heavy atom. The molecule has 0 radical (unpaired) electrons. The quantitative estimate of drug-likeness (QED) is 0.661. The average molecular weight is 311 g/mol. The van der Waals surface area contributed by atoms with Crippen molar-refractivity contribution in [3.8, 4) is 0 Å². The van der Waals surface area contributed by atoms with Gasteiger partial charge in [0.2, 0.25) is 0 Å². The predicted octanol–water partition coefficient (Wildman–Crippen LogP) is 3.83. The van der Waals surface area contributed by atoms with E-state index in [4.69, 9.17) is 16.7 Å². The molecule has 0 heterocycles. The van der Waals surface area contributed by atoms with Crippen LogP contribution in [0.2, 0.25) is 5.02 Å². The number of anilines is 2. The summed E-state index contributed by atoms with van der Waals surface area (Å²) in [6, 6.07) is 6.93. The molecule has 0 fully saturated rings. The van der Waals surface area contributed by atoms with Gasteiger partial charge in [-0.1, -0.05) is 11.6 Å². The number of hydrogen-bond acceptors (Lipinski definition) is 4. The first kappa shape index (κ1) is 14.7. The molecule has 0 aromatic heterocycles. The van der Waals surface area contributed by atoms with Crippen molar-refractivity contribution in [3.05, 3.63) is 62.9 Å². The number of nitro benzene ring substituents is 1. The van der Waals surface area contributed by atoms with Crippen LogP contribution in [-0.4, -0.2) is 16.0 Å². The van der Waals surface area contributed by atoms with Crippen LogP contribution in [0, 0.1) is 15.9 Å². The molecule has 108 valence electrons. The van der Waals surface area contributed by atoms with E-state index in [0.717, 1.165) is 12.1 Å². The standard InChI is InChI=1S/C13H8ClFN2O4/c14-9-5-7(13(18)19)1-3-10(9)16-11-4-2-8(15)6-12(11)17(20)21/h1-6,16H,(H,18,19). The van der Waals surface area contributed by atoms with Crippen LogP contribution in [0.15, 0.2) is 36.4 Å². The zero-order chi connectivity index (χ0) is 15.6. The lowest BCUT2D eigenvalue weighted by Crippen LogP contribution is -2.00. The van der Waals surface area contributed by atoms with Gasteiger partial charge >= 0.3 is 5.97 Å². The molecule has 0 bridgehead atoms. The van der Waals surface area contributed by atoms with Crippen LogP contribution in [0.3, 0.4) is 0 Å². The maximum atomic E-state index is 13.0. The highest BCUT2D eigenvalue weighted by Gasteiger charge is 2.16. The maximum Gasteiger partial charge on any atom is 0.335 e. The van der Waals surface area contributed by atoms with Crippen LogP contribution in [0.4, 0.5) is 21.5 Å². The van der Waals surface area contributed by atoms with Crippen LogP contribution in [-0.2, 0) is 0 Å². The maximum absolute atomic E-state index is 13.0. The monoisotopic (exact) mass is 310 g/mol. The summed E-state index contributed by atoms with van der Waals surface area (Å²) in [4.78, 5) is 20.9. The first-order chi connectivity index (χ1) is 9.88. The van der Waals surface area contributed by atoms with Gasteiger partial charge in [0.25, 0.3) is 5.69 Å². The van der Waals surface area contributed by atoms with E-state index in [2.05, 4.69) is 5.32 Å². The molecule has 0 spiro atoms. The largest absolute Gasteiger partial charge is 0.478 e. The highest BCUT2D eigenvalue weighted by atomic mass is 35.5. The minimum atomic E-state index is -1.14. The van der Waals surface area contributed by atoms with Crippen molar-refractivity contribution in [2.45, 2.75) is 0 Å². The van der Waals surface area contributed by atoms with E-state index in [1.54, 1.807) is 0 Å². The summed E-state index contributed by atoms with van der Waals surface area (Å²) in [5.74, 6) is -1.88. The molecule has 0 aliphatic carbocycles. The third kappa shape index (κ3) is 3.26. The molecule has 2 aromatic carbocycles. The number of hydrogen-bond donors (Lipinski definition) is 2. The van der Waals surface area contributed by atoms with Gasteiger partial charge in [-0.2, -0.15) is 0 Å². The van der Waals surface area contributed by atoms with E-state index in [1.807, 2.05) is 0 Å². The van der Waals surface area contributed by atoms with Crippen molar-refractivity contribution in [1.82, 2.24) is 0 Å². The van der Waals surface area contributed by atoms with Crippen LogP contribution in [0.25, 0.3) is 0 Å². The summed E-state index contributed by atoms with van der Waals surface area (Å²) in [5, 5.41) is 22.5. The Morgan fingerprint density at radius 3 is 2.48 bits per heavy atom. The topological polar surface area (TPSA) is 92.5 Å². The van der Waals surface area contributed by atoms with Gasteiger partial charge in [0, 0.05) is 0 Å². The summed E-state index contributed by atoms with van der Waals surface area (Å²) in [6.45, 7) is 0. The van der Waals surface area contributed by atoms with Crippen LogP contribution in [0.5, 0.6) is 0 Å². The minimum Gasteiger partial charge on any atom is -0.478 e. The Bertz CT molecular complexity index is 736. The number of carboxylic acids is 1. The van der Waals surface area contributed by atoms with Gasteiger partial charge in [-0.3, -0.25) is 10.1 Å². The lowest BCUT2D eigenvalue weighted by atomic mass is 10.2. The molecular formula is C13H8ClFN2O4. The number of carbonyl (C=O) groups is 1. The summed E-state index contributed by atoms with van der Waals surface area (Å²) < 4.78 is 13.0. The summed E-state index contributed by atoms with van der Waals surface area (Å²) in [6.07, 6.45) is 0. The molecule has 0 aliphatic heterocycles. The van der Waals surface area contributed by atoms with Gasteiger partial charge in [-0.05, 0) is 30.3 Å². The first-order valence-corrected chi connectivity index (χ1v) is 6.00. The Balaban J connectivity index is 2.39. The third-order valence-electron chi connectivity index (χ3n) is 2.64. The molecule has 2 N–H and O–H groups in total. The van der Waals surface area contributed by atoms with E-state index >= 15 is 0 Å². The van der Waals surface area contributed by atoms with Crippen molar-refractivity contribution < 1.29 is 19.2 Å². The van der Waals surface area contributed by atoms with Gasteiger partial charge in [0.15, 0.2) is 0 Å². The van der Waals surface area contributed by atoms with Crippen molar-refractivity contribution in [2.75, 3.05) is 5.32 Å². The highest BCUT2D eigenvalue weighted by molar-refractivity contribution is 6.33. The van der Waals surface area contributed by atoms with Crippen molar-refractivity contribution >= 4 is 34.6 Å². The molecule has 21 heavy (non-hydrogen) atoms. The van der Waals surface area contributed by atoms with Gasteiger partial charge < -0.3 is 10.4 Å². The Kier molecular flexibility index (Phi) is 4.04. The van der Waals surface area contributed by atoms with Crippen LogP contribution in [0.1, 0.15) is 10.4 Å². The molecular weight excluding hydrogens is 303 g/mol. The molecule has 8 heteroatoms. The van der Waals surface area contributed by atoms with E-state index < -0.39 is 22.4 Å². The van der Waals surface area contributed by atoms with E-state index in [0.29, 0.717) is 0 Å². The van der Waals surface area contributed by atoms with Crippen LogP contribution < -0.4 is 5.32 Å². The van der Waals surface area contributed by atoms with Crippen molar-refractivity contribution in [2.24, 2.45) is 0 Å². The fraction of sp³-hybridized carbons (Fsp3) is 0. The number of halogens is 2. The number of nitro groups is 1. The van der Waals surface area contributed by atoms with Crippen LogP contribution >= 0.6 is 11.6 Å². The molecule has 2 rings (SSSR count). The lowest BCUT2D eigenvalue weighted by molar-refractivity contribution is -0.384. The van der Waals surface area contributed by atoms with E-state index in [-0.39, 0.29) is 22.0 Å². The van der Waals surface area contributed by atoms with Gasteiger partial charge in [-0.15, -0.1) is 0 Å². The average Bonchev–Trinajstić information content (AvgIpc) is 2.42. The second kappa shape index (κ2) is 5.76. The van der Waals surface area contributed by atoms with E-state index in [9.17, 15) is 19.3 Å². The molecule has 6 nitrogen and oxygen atoms in total. The molecule has 0 atom stereocenters. The summed E-state index contributed by atoms with van der Waals surface area (Å²) in [5.41, 5.74) is -0.143. The molecule has 2 aromatic rings. The van der Waals surface area contributed by atoms with Crippen molar-refractivity contribution in [3.63, 3.8) is 0 Å². The molecule has 0 amide bonds. The second-order valence-electron chi connectivity index (χ2n) is 4.04. The first-order valence-electron chi connectivity index (χ1n) is 5.62. The zero-order valence-corrected chi connectivity index (χ0v) is 11.1. The van der Waals surface area contributed by atoms with Gasteiger partial charge in [0.1, 0.15) is 11.5 Å². The number of nitrogens with zero attached hydrogens (tertiary/aromatic N) is 1. The number of rotatable bonds is 4. The highest BCUT2D eigenvalue weighted by Crippen LogP contribution is 2.32. The summed E-state index contributed by atoms with van der Waals surface area (Å²) >= 11 is 5.92. The molecule has 0 saturated carbocycles.